The van der Waals surface area contributed by atoms with Crippen LogP contribution in [-0.4, -0.2) is 37.6 Å². The Morgan fingerprint density at radius 2 is 2.00 bits per heavy atom. The number of piperidine rings is 1. The normalized spacial score (nSPS) is 23.3. The highest BCUT2D eigenvalue weighted by atomic mass is 15.1. The zero-order valence-corrected chi connectivity index (χ0v) is 10.2. The third-order valence-electron chi connectivity index (χ3n) is 3.44. The van der Waals surface area contributed by atoms with Crippen LogP contribution in [0.3, 0.4) is 0 Å². The molecule has 0 bridgehead atoms. The summed E-state index contributed by atoms with van der Waals surface area (Å²) < 4.78 is 0. The lowest BCUT2D eigenvalue weighted by Crippen LogP contribution is -2.41. The molecule has 0 radical (unpaired) electrons. The number of rotatable bonds is 4. The second-order valence-electron chi connectivity index (χ2n) is 4.87. The van der Waals surface area contributed by atoms with Gasteiger partial charge in [0.25, 0.3) is 0 Å². The zero-order valence-electron chi connectivity index (χ0n) is 10.2. The lowest BCUT2D eigenvalue weighted by molar-refractivity contribution is 0.189. The molecule has 2 atom stereocenters. The van der Waals surface area contributed by atoms with Gasteiger partial charge >= 0.3 is 0 Å². The summed E-state index contributed by atoms with van der Waals surface area (Å²) in [5, 5.41) is 12.2. The van der Waals surface area contributed by atoms with E-state index in [-0.39, 0.29) is 5.92 Å². The zero-order chi connectivity index (χ0) is 11.3. The van der Waals surface area contributed by atoms with Gasteiger partial charge in [0.05, 0.1) is 12.0 Å². The van der Waals surface area contributed by atoms with Crippen LogP contribution in [0.5, 0.6) is 0 Å². The Balaban J connectivity index is 2.22. The minimum Gasteiger partial charge on any atom is -0.313 e. The van der Waals surface area contributed by atoms with Crippen LogP contribution in [0, 0.1) is 23.2 Å². The van der Waals surface area contributed by atoms with Gasteiger partial charge in [0.1, 0.15) is 0 Å². The maximum Gasteiger partial charge on any atom is 0.0666 e. The topological polar surface area (TPSA) is 39.1 Å². The molecule has 1 fully saturated rings. The van der Waals surface area contributed by atoms with Crippen LogP contribution < -0.4 is 5.32 Å². The van der Waals surface area contributed by atoms with Crippen LogP contribution in [0.2, 0.25) is 0 Å². The number of hydrogen-bond acceptors (Lipinski definition) is 3. The van der Waals surface area contributed by atoms with Crippen molar-refractivity contribution in [2.24, 2.45) is 11.8 Å². The van der Waals surface area contributed by atoms with Gasteiger partial charge in [-0.3, -0.25) is 0 Å². The second-order valence-corrected chi connectivity index (χ2v) is 4.87. The predicted molar refractivity (Wildman–Crippen MR) is 62.5 cm³/mol. The van der Waals surface area contributed by atoms with E-state index in [9.17, 15) is 0 Å². The first-order chi connectivity index (χ1) is 7.13. The molecule has 1 rings (SSSR count). The molecule has 2 unspecified atom stereocenters. The molecule has 1 saturated heterocycles. The summed E-state index contributed by atoms with van der Waals surface area (Å²) in [7, 11) is 2.19. The molecular weight excluding hydrogens is 186 g/mol. The molecule has 0 saturated carbocycles. The fraction of sp³-hybridized carbons (Fsp3) is 0.917. The first-order valence-corrected chi connectivity index (χ1v) is 5.95. The van der Waals surface area contributed by atoms with Crippen LogP contribution in [-0.2, 0) is 0 Å². The summed E-state index contributed by atoms with van der Waals surface area (Å²) in [6.07, 6.45) is 2.57. The van der Waals surface area contributed by atoms with Crippen LogP contribution >= 0.6 is 0 Å². The Bertz CT molecular complexity index is 213. The van der Waals surface area contributed by atoms with E-state index in [4.69, 9.17) is 5.26 Å². The van der Waals surface area contributed by atoms with Crippen molar-refractivity contribution in [2.75, 3.05) is 26.7 Å². The Morgan fingerprint density at radius 1 is 1.40 bits per heavy atom. The van der Waals surface area contributed by atoms with Crippen LogP contribution in [0.15, 0.2) is 0 Å². The van der Waals surface area contributed by atoms with Crippen molar-refractivity contribution >= 4 is 0 Å². The van der Waals surface area contributed by atoms with E-state index in [0.29, 0.717) is 6.04 Å². The van der Waals surface area contributed by atoms with Gasteiger partial charge in [-0.2, -0.15) is 5.26 Å². The van der Waals surface area contributed by atoms with Gasteiger partial charge in [-0.1, -0.05) is 0 Å². The standard InChI is InChI=1S/C12H23N3/c1-10(8-13)9-14-11(2)12-4-6-15(3)7-5-12/h10-12,14H,4-7,9H2,1-3H3. The highest BCUT2D eigenvalue weighted by Crippen LogP contribution is 2.19. The van der Waals surface area contributed by atoms with Crippen molar-refractivity contribution in [3.63, 3.8) is 0 Å². The molecular formula is C12H23N3. The molecule has 15 heavy (non-hydrogen) atoms. The van der Waals surface area contributed by atoms with Gasteiger partial charge in [0.15, 0.2) is 0 Å². The van der Waals surface area contributed by atoms with Gasteiger partial charge in [-0.15, -0.1) is 0 Å². The maximum absolute atomic E-state index is 8.70. The quantitative estimate of drug-likeness (QED) is 0.762. The summed E-state index contributed by atoms with van der Waals surface area (Å²) in [6, 6.07) is 2.81. The Hall–Kier alpha value is -0.590. The van der Waals surface area contributed by atoms with E-state index < -0.39 is 0 Å². The summed E-state index contributed by atoms with van der Waals surface area (Å²) in [6.45, 7) is 7.47. The molecule has 1 aliphatic rings. The average Bonchev–Trinajstić information content (AvgIpc) is 2.26. The average molecular weight is 209 g/mol. The maximum atomic E-state index is 8.70. The highest BCUT2D eigenvalue weighted by molar-refractivity contribution is 4.84. The molecule has 0 spiro atoms. The van der Waals surface area contributed by atoms with Crippen LogP contribution in [0.25, 0.3) is 0 Å². The van der Waals surface area contributed by atoms with Crippen molar-refractivity contribution in [1.82, 2.24) is 10.2 Å². The van der Waals surface area contributed by atoms with E-state index >= 15 is 0 Å². The van der Waals surface area contributed by atoms with Crippen LogP contribution in [0.4, 0.5) is 0 Å². The molecule has 3 heteroatoms. The monoisotopic (exact) mass is 209 g/mol. The molecule has 0 aromatic heterocycles. The van der Waals surface area contributed by atoms with Crippen molar-refractivity contribution < 1.29 is 0 Å². The molecule has 1 aliphatic heterocycles. The predicted octanol–water partition coefficient (Wildman–Crippen LogP) is 1.47. The lowest BCUT2D eigenvalue weighted by Gasteiger charge is -2.33. The first kappa shape index (κ1) is 12.5. The highest BCUT2D eigenvalue weighted by Gasteiger charge is 2.21. The molecule has 0 aromatic carbocycles. The lowest BCUT2D eigenvalue weighted by atomic mass is 9.90. The number of nitrogens with zero attached hydrogens (tertiary/aromatic N) is 2. The number of likely N-dealkylation sites (tertiary alicyclic amines) is 1. The number of nitriles is 1. The summed E-state index contributed by atoms with van der Waals surface area (Å²) in [4.78, 5) is 2.39. The molecule has 86 valence electrons. The van der Waals surface area contributed by atoms with E-state index in [2.05, 4.69) is 30.3 Å². The van der Waals surface area contributed by atoms with Gasteiger partial charge in [-0.05, 0) is 52.7 Å². The second kappa shape index (κ2) is 6.09. The molecule has 0 aliphatic carbocycles. The fourth-order valence-electron chi connectivity index (χ4n) is 2.10. The SMILES string of the molecule is CC(C#N)CNC(C)C1CCN(C)CC1. The fourth-order valence-corrected chi connectivity index (χ4v) is 2.10. The third kappa shape index (κ3) is 4.19. The van der Waals surface area contributed by atoms with Gasteiger partial charge in [0, 0.05) is 12.6 Å². The molecule has 1 heterocycles. The van der Waals surface area contributed by atoms with E-state index in [1.165, 1.54) is 25.9 Å². The summed E-state index contributed by atoms with van der Waals surface area (Å²) in [5.74, 6) is 0.908. The third-order valence-corrected chi connectivity index (χ3v) is 3.44. The van der Waals surface area contributed by atoms with Crippen molar-refractivity contribution in [3.8, 4) is 6.07 Å². The number of nitrogens with one attached hydrogen (secondary N) is 1. The molecule has 1 N–H and O–H groups in total. The van der Waals surface area contributed by atoms with E-state index in [1.807, 2.05) is 6.92 Å². The Kier molecular flexibility index (Phi) is 5.07. The summed E-state index contributed by atoms with van der Waals surface area (Å²) >= 11 is 0. The molecule has 0 amide bonds. The molecule has 3 nitrogen and oxygen atoms in total. The Labute approximate surface area is 93.5 Å². The van der Waals surface area contributed by atoms with Crippen molar-refractivity contribution in [2.45, 2.75) is 32.7 Å². The van der Waals surface area contributed by atoms with Crippen molar-refractivity contribution in [3.05, 3.63) is 0 Å². The minimum absolute atomic E-state index is 0.124. The first-order valence-electron chi connectivity index (χ1n) is 5.95. The van der Waals surface area contributed by atoms with Gasteiger partial charge in [-0.25, -0.2) is 0 Å². The molecule has 0 aromatic rings. The summed E-state index contributed by atoms with van der Waals surface area (Å²) in [5.41, 5.74) is 0. The van der Waals surface area contributed by atoms with Crippen molar-refractivity contribution in [1.29, 1.82) is 5.26 Å². The smallest absolute Gasteiger partial charge is 0.0666 e. The van der Waals surface area contributed by atoms with Gasteiger partial charge in [0.2, 0.25) is 0 Å². The van der Waals surface area contributed by atoms with Gasteiger partial charge < -0.3 is 10.2 Å². The number of hydrogen-bond donors (Lipinski definition) is 1. The Morgan fingerprint density at radius 3 is 2.53 bits per heavy atom. The van der Waals surface area contributed by atoms with E-state index in [0.717, 1.165) is 12.5 Å². The van der Waals surface area contributed by atoms with E-state index in [1.54, 1.807) is 0 Å². The minimum atomic E-state index is 0.124. The van der Waals surface area contributed by atoms with Crippen LogP contribution in [0.1, 0.15) is 26.7 Å². The largest absolute Gasteiger partial charge is 0.313 e.